The number of benzene rings is 1. The van der Waals surface area contributed by atoms with Crippen LogP contribution in [0, 0.1) is 4.77 Å². The number of hydrogen-bond donors (Lipinski definition) is 2. The third kappa shape index (κ3) is 4.41. The zero-order valence-corrected chi connectivity index (χ0v) is 19.3. The van der Waals surface area contributed by atoms with Crippen molar-refractivity contribution in [2.45, 2.75) is 51.8 Å². The van der Waals surface area contributed by atoms with E-state index in [0.717, 1.165) is 29.5 Å². The van der Waals surface area contributed by atoms with E-state index in [1.54, 1.807) is 11.1 Å². The van der Waals surface area contributed by atoms with Crippen molar-refractivity contribution < 1.29 is 9.53 Å². The minimum atomic E-state index is -0.565. The van der Waals surface area contributed by atoms with E-state index >= 15 is 0 Å². The van der Waals surface area contributed by atoms with Gasteiger partial charge in [0.25, 0.3) is 5.56 Å². The summed E-state index contributed by atoms with van der Waals surface area (Å²) in [4.78, 5) is 32.5. The monoisotopic (exact) mass is 460 g/mol. The van der Waals surface area contributed by atoms with E-state index in [2.05, 4.69) is 9.97 Å². The van der Waals surface area contributed by atoms with E-state index in [1.165, 1.54) is 0 Å². The standard InChI is InChI=1S/C22H25ClN4O3S/c1-22(2,3)30-21(29)26-10-4-5-16(26)15-11-14(23)7-6-13(15)12-27-17-8-9-24-18(17)19(28)25-20(27)31/h6-9,11,16,24H,4-5,10,12H2,1-3H3,(H,25,28,31). The molecule has 3 heterocycles. The maximum atomic E-state index is 12.8. The second-order valence-electron chi connectivity index (χ2n) is 8.76. The molecular formula is C22H25ClN4O3S. The Labute approximate surface area is 190 Å². The molecule has 1 amide bonds. The second kappa shape index (κ2) is 8.16. The van der Waals surface area contributed by atoms with Crippen molar-refractivity contribution in [1.29, 1.82) is 0 Å². The summed E-state index contributed by atoms with van der Waals surface area (Å²) < 4.78 is 7.85. The Morgan fingerprint density at radius 1 is 1.32 bits per heavy atom. The van der Waals surface area contributed by atoms with E-state index < -0.39 is 5.60 Å². The average molecular weight is 461 g/mol. The van der Waals surface area contributed by atoms with Gasteiger partial charge in [-0.2, -0.15) is 0 Å². The molecule has 2 N–H and O–H groups in total. The smallest absolute Gasteiger partial charge is 0.410 e. The Hall–Kier alpha value is -2.58. The van der Waals surface area contributed by atoms with Crippen molar-refractivity contribution in [2.75, 3.05) is 6.54 Å². The summed E-state index contributed by atoms with van der Waals surface area (Å²) in [6.45, 7) is 6.66. The summed E-state index contributed by atoms with van der Waals surface area (Å²) in [5.74, 6) is 0. The van der Waals surface area contributed by atoms with Crippen molar-refractivity contribution in [3.63, 3.8) is 0 Å². The molecule has 1 fully saturated rings. The van der Waals surface area contributed by atoms with Gasteiger partial charge < -0.3 is 19.2 Å². The average Bonchev–Trinajstić information content (AvgIpc) is 3.34. The van der Waals surface area contributed by atoms with Crippen molar-refractivity contribution in [1.82, 2.24) is 19.4 Å². The minimum absolute atomic E-state index is 0.137. The first-order chi connectivity index (χ1) is 14.6. The first-order valence-corrected chi connectivity index (χ1v) is 11.0. The summed E-state index contributed by atoms with van der Waals surface area (Å²) in [7, 11) is 0. The van der Waals surface area contributed by atoms with Gasteiger partial charge in [0.15, 0.2) is 4.77 Å². The van der Waals surface area contributed by atoms with Crippen LogP contribution in [-0.4, -0.2) is 37.7 Å². The molecule has 164 valence electrons. The summed E-state index contributed by atoms with van der Waals surface area (Å²) in [6, 6.07) is 7.39. The van der Waals surface area contributed by atoms with Crippen LogP contribution in [0.5, 0.6) is 0 Å². The highest BCUT2D eigenvalue weighted by Crippen LogP contribution is 2.36. The maximum Gasteiger partial charge on any atom is 0.410 e. The number of aromatic nitrogens is 3. The van der Waals surface area contributed by atoms with E-state index in [4.69, 9.17) is 28.6 Å². The molecule has 9 heteroatoms. The van der Waals surface area contributed by atoms with Gasteiger partial charge in [-0.25, -0.2) is 4.79 Å². The topological polar surface area (TPSA) is 83.1 Å². The summed E-state index contributed by atoms with van der Waals surface area (Å²) >= 11 is 11.8. The predicted octanol–water partition coefficient (Wildman–Crippen LogP) is 5.16. The Morgan fingerprint density at radius 2 is 2.10 bits per heavy atom. The van der Waals surface area contributed by atoms with E-state index in [1.807, 2.05) is 49.6 Å². The number of H-pyrrole nitrogens is 2. The Morgan fingerprint density at radius 3 is 2.84 bits per heavy atom. The van der Waals surface area contributed by atoms with Crippen LogP contribution in [0.3, 0.4) is 0 Å². The number of amides is 1. The lowest BCUT2D eigenvalue weighted by molar-refractivity contribution is 0.0224. The highest BCUT2D eigenvalue weighted by Gasteiger charge is 2.34. The molecule has 1 atom stereocenters. The SMILES string of the molecule is CC(C)(C)OC(=O)N1CCCC1c1cc(Cl)ccc1Cn1c(=S)[nH]c(=O)c2[nH]ccc21. The number of halogens is 1. The Balaban J connectivity index is 1.74. The number of carbonyl (C=O) groups is 1. The third-order valence-corrected chi connectivity index (χ3v) is 5.94. The largest absolute Gasteiger partial charge is 0.444 e. The zero-order chi connectivity index (χ0) is 22.3. The molecule has 7 nitrogen and oxygen atoms in total. The number of aromatic amines is 2. The number of nitrogens with zero attached hydrogens (tertiary/aromatic N) is 2. The van der Waals surface area contributed by atoms with Crippen molar-refractivity contribution >= 4 is 40.9 Å². The van der Waals surface area contributed by atoms with Crippen LogP contribution >= 0.6 is 23.8 Å². The Bertz CT molecular complexity index is 1250. The van der Waals surface area contributed by atoms with Crippen LogP contribution in [0.15, 0.2) is 35.3 Å². The van der Waals surface area contributed by atoms with Crippen LogP contribution in [-0.2, 0) is 11.3 Å². The summed E-state index contributed by atoms with van der Waals surface area (Å²) in [5, 5.41) is 0.603. The molecule has 1 aliphatic heterocycles. The molecule has 0 saturated carbocycles. The van der Waals surface area contributed by atoms with Gasteiger partial charge in [-0.05, 0) is 75.2 Å². The molecule has 4 rings (SSSR count). The van der Waals surface area contributed by atoms with Crippen molar-refractivity contribution in [3.8, 4) is 0 Å². The van der Waals surface area contributed by atoms with E-state index in [9.17, 15) is 9.59 Å². The molecule has 1 unspecified atom stereocenters. The molecule has 1 saturated heterocycles. The van der Waals surface area contributed by atoms with Gasteiger partial charge in [0.2, 0.25) is 0 Å². The predicted molar refractivity (Wildman–Crippen MR) is 123 cm³/mol. The number of fused-ring (bicyclic) bond motifs is 1. The molecule has 1 aliphatic rings. The molecule has 0 bridgehead atoms. The van der Waals surface area contributed by atoms with Gasteiger partial charge >= 0.3 is 6.09 Å². The van der Waals surface area contributed by atoms with Gasteiger partial charge in [0.05, 0.1) is 18.1 Å². The van der Waals surface area contributed by atoms with Crippen LogP contribution < -0.4 is 5.56 Å². The van der Waals surface area contributed by atoms with Crippen LogP contribution in [0.25, 0.3) is 11.0 Å². The zero-order valence-electron chi connectivity index (χ0n) is 17.7. The summed E-state index contributed by atoms with van der Waals surface area (Å²) in [5.41, 5.74) is 2.34. The first kappa shape index (κ1) is 21.6. The number of nitrogens with one attached hydrogen (secondary N) is 2. The molecule has 0 radical (unpaired) electrons. The van der Waals surface area contributed by atoms with Gasteiger partial charge in [-0.3, -0.25) is 9.78 Å². The summed E-state index contributed by atoms with van der Waals surface area (Å²) in [6.07, 6.45) is 3.10. The van der Waals surface area contributed by atoms with Crippen molar-refractivity contribution in [2.24, 2.45) is 0 Å². The highest BCUT2D eigenvalue weighted by molar-refractivity contribution is 7.71. The van der Waals surface area contributed by atoms with Crippen LogP contribution in [0.1, 0.15) is 50.8 Å². The number of rotatable bonds is 3. The fourth-order valence-electron chi connectivity index (χ4n) is 4.08. The molecule has 2 aromatic heterocycles. The fraction of sp³-hybridized carbons (Fsp3) is 0.409. The minimum Gasteiger partial charge on any atom is -0.444 e. The molecule has 31 heavy (non-hydrogen) atoms. The van der Waals surface area contributed by atoms with Gasteiger partial charge in [-0.1, -0.05) is 17.7 Å². The van der Waals surface area contributed by atoms with E-state index in [0.29, 0.717) is 28.4 Å². The van der Waals surface area contributed by atoms with Gasteiger partial charge in [0, 0.05) is 17.8 Å². The lowest BCUT2D eigenvalue weighted by atomic mass is 9.98. The van der Waals surface area contributed by atoms with Crippen LogP contribution in [0.2, 0.25) is 5.02 Å². The molecule has 3 aromatic rings. The number of likely N-dealkylation sites (tertiary alicyclic amines) is 1. The molecular weight excluding hydrogens is 436 g/mol. The fourth-order valence-corrected chi connectivity index (χ4v) is 4.52. The van der Waals surface area contributed by atoms with Gasteiger partial charge in [-0.15, -0.1) is 0 Å². The lowest BCUT2D eigenvalue weighted by Crippen LogP contribution is -2.36. The van der Waals surface area contributed by atoms with Gasteiger partial charge in [0.1, 0.15) is 11.1 Å². The third-order valence-electron chi connectivity index (χ3n) is 5.38. The highest BCUT2D eigenvalue weighted by atomic mass is 35.5. The van der Waals surface area contributed by atoms with Crippen LogP contribution in [0.4, 0.5) is 4.79 Å². The number of carbonyl (C=O) groups excluding carboxylic acids is 1. The number of ether oxygens (including phenoxy) is 1. The second-order valence-corrected chi connectivity index (χ2v) is 9.58. The number of hydrogen-bond acceptors (Lipinski definition) is 4. The molecule has 0 spiro atoms. The van der Waals surface area contributed by atoms with E-state index in [-0.39, 0.29) is 17.7 Å². The Kier molecular flexibility index (Phi) is 5.70. The first-order valence-electron chi connectivity index (χ1n) is 10.2. The molecule has 1 aromatic carbocycles. The maximum absolute atomic E-state index is 12.8. The lowest BCUT2D eigenvalue weighted by Gasteiger charge is -2.30. The normalized spacial score (nSPS) is 16.8. The van der Waals surface area contributed by atoms with Crippen molar-refractivity contribution in [3.05, 3.63) is 61.7 Å². The quantitative estimate of drug-likeness (QED) is 0.529. The molecule has 0 aliphatic carbocycles.